The van der Waals surface area contributed by atoms with Gasteiger partial charge in [-0.1, -0.05) is 36.4 Å². The smallest absolute Gasteiger partial charge is 0.326 e. The molecule has 0 saturated carbocycles. The molecule has 2 fully saturated rings. The molecule has 49 heavy (non-hydrogen) atoms. The lowest BCUT2D eigenvalue weighted by Crippen LogP contribution is -2.55. The van der Waals surface area contributed by atoms with Gasteiger partial charge < -0.3 is 35.8 Å². The normalized spacial score (nSPS) is 22.5. The van der Waals surface area contributed by atoms with Crippen LogP contribution in [0.4, 0.5) is 0 Å². The summed E-state index contributed by atoms with van der Waals surface area (Å²) in [5.74, 6) is -3.70. The topological polar surface area (TPSA) is 179 Å². The standard InChI is InChI=1S/C35H38N6O7S/c1-40-18-23(21-8-2-4-11-27(21)40)31(43)38-25-10-6-7-15-36-30(42)14-13-26(35(47)48)39-33(45)28-16-20(17-41(28)34(25)46)37-32(44)24-19-49-29-12-5-3-9-22(24)29/h2-5,8-9,11-12,18-20,25-26,28H,6-7,10,13-17H2,1H3,(H,36,42)(H,37,44)(H,38,43)(H,39,45)(H,47,48)/t20-,25+,26+,28+/m1/s1. The SMILES string of the molecule is Cn1cc(C(=O)N[C@H]2CCCCNC(=O)CC[C@@H](C(=O)O)NC(=O)[C@@H]3C[C@@H](NC(=O)c4csc5ccccc45)CN3C2=O)c2ccccc21. The summed E-state index contributed by atoms with van der Waals surface area (Å²) in [4.78, 5) is 81.1. The van der Waals surface area contributed by atoms with E-state index in [0.29, 0.717) is 30.5 Å². The molecule has 2 aromatic carbocycles. The fourth-order valence-electron chi connectivity index (χ4n) is 6.66. The molecule has 2 aromatic heterocycles. The number of benzene rings is 2. The van der Waals surface area contributed by atoms with Crippen molar-refractivity contribution in [3.05, 3.63) is 71.2 Å². The van der Waals surface area contributed by atoms with E-state index in [2.05, 4.69) is 21.3 Å². The van der Waals surface area contributed by atoms with Gasteiger partial charge in [-0.25, -0.2) is 4.79 Å². The van der Waals surface area contributed by atoms with Crippen molar-refractivity contribution >= 4 is 67.8 Å². The van der Waals surface area contributed by atoms with Gasteiger partial charge in [0.15, 0.2) is 0 Å². The van der Waals surface area contributed by atoms with E-state index in [1.807, 2.05) is 60.1 Å². The van der Waals surface area contributed by atoms with Gasteiger partial charge in [-0.2, -0.15) is 0 Å². The molecule has 0 spiro atoms. The van der Waals surface area contributed by atoms with Crippen LogP contribution in [-0.2, 0) is 26.2 Å². The van der Waals surface area contributed by atoms with Gasteiger partial charge >= 0.3 is 5.97 Å². The van der Waals surface area contributed by atoms with Crippen LogP contribution in [0.3, 0.4) is 0 Å². The molecule has 6 rings (SSSR count). The Kier molecular flexibility index (Phi) is 9.95. The zero-order chi connectivity index (χ0) is 34.7. The maximum absolute atomic E-state index is 14.4. The van der Waals surface area contributed by atoms with Crippen molar-refractivity contribution in [2.24, 2.45) is 7.05 Å². The molecule has 2 saturated heterocycles. The Bertz CT molecular complexity index is 1940. The quantitative estimate of drug-likeness (QED) is 0.214. The van der Waals surface area contributed by atoms with Crippen molar-refractivity contribution in [1.82, 2.24) is 30.7 Å². The molecule has 0 radical (unpaired) electrons. The highest BCUT2D eigenvalue weighted by Crippen LogP contribution is 2.27. The Morgan fingerprint density at radius 2 is 1.65 bits per heavy atom. The lowest BCUT2D eigenvalue weighted by atomic mass is 10.1. The van der Waals surface area contributed by atoms with E-state index in [9.17, 15) is 33.9 Å². The fraction of sp³-hybridized carbons (Fsp3) is 0.371. The number of carboxylic acid groups (broad SMARTS) is 1. The minimum atomic E-state index is -1.37. The van der Waals surface area contributed by atoms with E-state index in [1.54, 1.807) is 11.6 Å². The maximum atomic E-state index is 14.4. The first kappa shape index (κ1) is 33.7. The van der Waals surface area contributed by atoms with Crippen LogP contribution < -0.4 is 21.3 Å². The van der Waals surface area contributed by atoms with Gasteiger partial charge in [0.05, 0.1) is 11.1 Å². The highest BCUT2D eigenvalue weighted by molar-refractivity contribution is 7.17. The number of amides is 5. The van der Waals surface area contributed by atoms with Gasteiger partial charge in [-0.3, -0.25) is 24.0 Å². The number of nitrogens with one attached hydrogen (secondary N) is 4. The third kappa shape index (κ3) is 7.28. The van der Waals surface area contributed by atoms with E-state index in [4.69, 9.17) is 0 Å². The average molecular weight is 687 g/mol. The zero-order valence-corrected chi connectivity index (χ0v) is 27.8. The molecule has 0 aliphatic carbocycles. The van der Waals surface area contributed by atoms with E-state index < -0.39 is 47.9 Å². The lowest BCUT2D eigenvalue weighted by Gasteiger charge is -2.29. The summed E-state index contributed by atoms with van der Waals surface area (Å²) in [6, 6.07) is 10.8. The average Bonchev–Trinajstić information content (AvgIpc) is 3.80. The molecular weight excluding hydrogens is 648 g/mol. The summed E-state index contributed by atoms with van der Waals surface area (Å²) < 4.78 is 2.77. The zero-order valence-electron chi connectivity index (χ0n) is 26.9. The minimum Gasteiger partial charge on any atom is -0.480 e. The number of carbonyl (C=O) groups excluding carboxylic acids is 5. The van der Waals surface area contributed by atoms with Crippen LogP contribution >= 0.6 is 11.3 Å². The van der Waals surface area contributed by atoms with Crippen LogP contribution in [0.1, 0.15) is 59.2 Å². The molecule has 0 bridgehead atoms. The molecule has 13 nitrogen and oxygen atoms in total. The molecule has 256 valence electrons. The third-order valence-electron chi connectivity index (χ3n) is 9.21. The largest absolute Gasteiger partial charge is 0.480 e. The number of aromatic nitrogens is 1. The molecule has 2 aliphatic heterocycles. The highest BCUT2D eigenvalue weighted by Gasteiger charge is 2.43. The number of thiophene rings is 1. The van der Waals surface area contributed by atoms with Crippen LogP contribution in [0.5, 0.6) is 0 Å². The summed E-state index contributed by atoms with van der Waals surface area (Å²) in [5.41, 5.74) is 1.71. The van der Waals surface area contributed by atoms with Crippen molar-refractivity contribution in [1.29, 1.82) is 0 Å². The van der Waals surface area contributed by atoms with Crippen LogP contribution in [0.25, 0.3) is 21.0 Å². The first-order valence-corrected chi connectivity index (χ1v) is 17.2. The Morgan fingerprint density at radius 3 is 2.45 bits per heavy atom. The molecule has 4 aromatic rings. The molecule has 2 aliphatic rings. The van der Waals surface area contributed by atoms with Gasteiger partial charge in [-0.05, 0) is 44.2 Å². The van der Waals surface area contributed by atoms with Crippen LogP contribution in [0.15, 0.2) is 60.1 Å². The van der Waals surface area contributed by atoms with Crippen molar-refractivity contribution < 1.29 is 33.9 Å². The fourth-order valence-corrected chi connectivity index (χ4v) is 7.60. The van der Waals surface area contributed by atoms with Gasteiger partial charge in [-0.15, -0.1) is 11.3 Å². The first-order chi connectivity index (χ1) is 23.6. The van der Waals surface area contributed by atoms with E-state index >= 15 is 0 Å². The van der Waals surface area contributed by atoms with Gasteiger partial charge in [0.1, 0.15) is 18.1 Å². The van der Waals surface area contributed by atoms with Crippen molar-refractivity contribution in [2.45, 2.75) is 62.7 Å². The lowest BCUT2D eigenvalue weighted by molar-refractivity contribution is -0.144. The number of carboxylic acids is 1. The Hall–Kier alpha value is -5.24. The molecule has 0 unspecified atom stereocenters. The van der Waals surface area contributed by atoms with Gasteiger partial charge in [0, 0.05) is 65.2 Å². The van der Waals surface area contributed by atoms with Crippen LogP contribution in [0, 0.1) is 0 Å². The van der Waals surface area contributed by atoms with Crippen LogP contribution in [0.2, 0.25) is 0 Å². The predicted molar refractivity (Wildman–Crippen MR) is 183 cm³/mol. The number of carbonyl (C=O) groups is 6. The number of para-hydroxylation sites is 1. The van der Waals surface area contributed by atoms with Crippen molar-refractivity contribution in [2.75, 3.05) is 13.1 Å². The van der Waals surface area contributed by atoms with Crippen molar-refractivity contribution in [3.63, 3.8) is 0 Å². The second-order valence-corrected chi connectivity index (χ2v) is 13.4. The number of hydrogen-bond donors (Lipinski definition) is 5. The Labute approximate surface area is 286 Å². The summed E-state index contributed by atoms with van der Waals surface area (Å²) in [6.07, 6.45) is 2.69. The number of aryl methyl sites for hydroxylation is 1. The summed E-state index contributed by atoms with van der Waals surface area (Å²) in [7, 11) is 1.83. The summed E-state index contributed by atoms with van der Waals surface area (Å²) in [6.45, 7) is 0.280. The Balaban J connectivity index is 1.29. The molecule has 5 N–H and O–H groups in total. The number of hydrogen-bond acceptors (Lipinski definition) is 7. The second-order valence-electron chi connectivity index (χ2n) is 12.5. The molecule has 14 heteroatoms. The molecule has 4 atom stereocenters. The van der Waals surface area contributed by atoms with Gasteiger partial charge in [0.2, 0.25) is 17.7 Å². The second kappa shape index (κ2) is 14.5. The highest BCUT2D eigenvalue weighted by atomic mass is 32.1. The van der Waals surface area contributed by atoms with E-state index in [0.717, 1.165) is 21.0 Å². The summed E-state index contributed by atoms with van der Waals surface area (Å²) in [5, 5.41) is 24.3. The minimum absolute atomic E-state index is 0.0247. The van der Waals surface area contributed by atoms with Gasteiger partial charge in [0.25, 0.3) is 11.8 Å². The maximum Gasteiger partial charge on any atom is 0.326 e. The Morgan fingerprint density at radius 1 is 0.918 bits per heavy atom. The predicted octanol–water partition coefficient (Wildman–Crippen LogP) is 2.54. The monoisotopic (exact) mass is 686 g/mol. The number of rotatable bonds is 5. The van der Waals surface area contributed by atoms with E-state index in [1.165, 1.54) is 16.2 Å². The third-order valence-corrected chi connectivity index (χ3v) is 10.2. The van der Waals surface area contributed by atoms with E-state index in [-0.39, 0.29) is 44.0 Å². The molecule has 5 amide bonds. The number of aliphatic carboxylic acids is 1. The molecule has 4 heterocycles. The number of nitrogens with zero attached hydrogens (tertiary/aromatic N) is 2. The first-order valence-electron chi connectivity index (χ1n) is 16.3. The number of fused-ring (bicyclic) bond motifs is 3. The van der Waals surface area contributed by atoms with Crippen LogP contribution in [-0.4, -0.2) is 87.3 Å². The summed E-state index contributed by atoms with van der Waals surface area (Å²) >= 11 is 1.43. The molecular formula is C35H38N6O7S. The van der Waals surface area contributed by atoms with Crippen molar-refractivity contribution in [3.8, 4) is 0 Å².